The van der Waals surface area contributed by atoms with Crippen LogP contribution in [0.5, 0.6) is 0 Å². The Morgan fingerprint density at radius 3 is 2.57 bits per heavy atom. The van der Waals surface area contributed by atoms with E-state index in [1.165, 1.54) is 18.4 Å². The van der Waals surface area contributed by atoms with Gasteiger partial charge >= 0.3 is 5.97 Å². The molecule has 0 saturated carbocycles. The summed E-state index contributed by atoms with van der Waals surface area (Å²) in [4.78, 5) is 15.1. The first-order valence-corrected chi connectivity index (χ1v) is 6.68. The van der Waals surface area contributed by atoms with Crippen molar-refractivity contribution in [1.82, 2.24) is 4.98 Å². The summed E-state index contributed by atoms with van der Waals surface area (Å²) in [5.74, 6) is -0.383. The second-order valence-corrected chi connectivity index (χ2v) is 4.79. The molecule has 23 heavy (non-hydrogen) atoms. The van der Waals surface area contributed by atoms with Crippen molar-refractivity contribution in [2.45, 2.75) is 0 Å². The third kappa shape index (κ3) is 2.63. The molecule has 3 aromatic rings. The lowest BCUT2D eigenvalue weighted by Crippen LogP contribution is -2.00. The van der Waals surface area contributed by atoms with Crippen LogP contribution in [0.15, 0.2) is 53.1 Å². The van der Waals surface area contributed by atoms with Crippen LogP contribution in [0.1, 0.15) is 15.9 Å². The first-order valence-electron chi connectivity index (χ1n) is 6.68. The zero-order valence-corrected chi connectivity index (χ0v) is 11.9. The van der Waals surface area contributed by atoms with Crippen molar-refractivity contribution in [2.24, 2.45) is 0 Å². The topological polar surface area (TPSA) is 113 Å². The summed E-state index contributed by atoms with van der Waals surface area (Å²) >= 11 is 0. The van der Waals surface area contributed by atoms with Crippen molar-refractivity contribution < 1.29 is 14.3 Å². The highest BCUT2D eigenvalue weighted by Crippen LogP contribution is 2.31. The molecule has 0 radical (unpaired) electrons. The lowest BCUT2D eigenvalue weighted by Gasteiger charge is -2.09. The molecule has 0 aliphatic heterocycles. The number of benzene rings is 1. The quantitative estimate of drug-likeness (QED) is 0.768. The molecule has 0 unspecified atom stereocenters. The third-order valence-electron chi connectivity index (χ3n) is 3.38. The summed E-state index contributed by atoms with van der Waals surface area (Å²) < 4.78 is 5.31. The van der Waals surface area contributed by atoms with Crippen LogP contribution in [0.25, 0.3) is 22.6 Å². The number of furan rings is 1. The van der Waals surface area contributed by atoms with E-state index < -0.39 is 5.97 Å². The van der Waals surface area contributed by atoms with Gasteiger partial charge in [-0.25, -0.2) is 9.78 Å². The molecule has 0 spiro atoms. The molecule has 0 aliphatic rings. The SMILES string of the molecule is N#Cc1c(-c2ccc(C(=O)O)cc2)cc(-c2ccco2)nc1N. The fourth-order valence-electron chi connectivity index (χ4n) is 2.25. The van der Waals surface area contributed by atoms with Crippen LogP contribution in [0.3, 0.4) is 0 Å². The van der Waals surface area contributed by atoms with E-state index in [9.17, 15) is 10.1 Å². The smallest absolute Gasteiger partial charge is 0.335 e. The molecule has 6 nitrogen and oxygen atoms in total. The number of anilines is 1. The Bertz CT molecular complexity index is 908. The van der Waals surface area contributed by atoms with Crippen LogP contribution in [0.4, 0.5) is 5.82 Å². The number of rotatable bonds is 3. The van der Waals surface area contributed by atoms with Gasteiger partial charge in [-0.3, -0.25) is 0 Å². The van der Waals surface area contributed by atoms with Crippen LogP contribution in [0.2, 0.25) is 0 Å². The summed E-state index contributed by atoms with van der Waals surface area (Å²) in [5.41, 5.74) is 8.04. The molecule has 0 atom stereocenters. The average molecular weight is 305 g/mol. The molecule has 0 fully saturated rings. The first kappa shape index (κ1) is 14.4. The van der Waals surface area contributed by atoms with E-state index >= 15 is 0 Å². The van der Waals surface area contributed by atoms with Gasteiger partial charge in [-0.15, -0.1) is 0 Å². The summed E-state index contributed by atoms with van der Waals surface area (Å²) in [6.07, 6.45) is 1.52. The van der Waals surface area contributed by atoms with Crippen molar-refractivity contribution in [1.29, 1.82) is 5.26 Å². The minimum absolute atomic E-state index is 0.0960. The predicted molar refractivity (Wildman–Crippen MR) is 83.5 cm³/mol. The number of nitrogens with zero attached hydrogens (tertiary/aromatic N) is 2. The van der Waals surface area contributed by atoms with E-state index in [4.69, 9.17) is 15.3 Å². The number of aromatic carboxylic acids is 1. The Morgan fingerprint density at radius 1 is 1.26 bits per heavy atom. The number of nitrogens with two attached hydrogens (primary N) is 1. The minimum Gasteiger partial charge on any atom is -0.478 e. The largest absolute Gasteiger partial charge is 0.478 e. The van der Waals surface area contributed by atoms with Crippen LogP contribution in [-0.4, -0.2) is 16.1 Å². The summed E-state index contributed by atoms with van der Waals surface area (Å²) in [5, 5.41) is 18.3. The molecule has 3 rings (SSSR count). The number of carboxylic acids is 1. The summed E-state index contributed by atoms with van der Waals surface area (Å²) in [6, 6.07) is 13.4. The molecule has 0 amide bonds. The van der Waals surface area contributed by atoms with Crippen molar-refractivity contribution in [3.63, 3.8) is 0 Å². The van der Waals surface area contributed by atoms with Crippen LogP contribution in [0, 0.1) is 11.3 Å². The second-order valence-electron chi connectivity index (χ2n) is 4.79. The fourth-order valence-corrected chi connectivity index (χ4v) is 2.25. The van der Waals surface area contributed by atoms with E-state index in [0.29, 0.717) is 22.6 Å². The molecule has 0 aliphatic carbocycles. The number of aromatic nitrogens is 1. The van der Waals surface area contributed by atoms with Gasteiger partial charge in [-0.1, -0.05) is 12.1 Å². The molecule has 112 valence electrons. The van der Waals surface area contributed by atoms with E-state index in [0.717, 1.165) is 0 Å². The number of carbonyl (C=O) groups is 1. The van der Waals surface area contributed by atoms with E-state index in [2.05, 4.69) is 4.98 Å². The van der Waals surface area contributed by atoms with Gasteiger partial charge in [0.25, 0.3) is 0 Å². The highest BCUT2D eigenvalue weighted by atomic mass is 16.4. The maximum Gasteiger partial charge on any atom is 0.335 e. The highest BCUT2D eigenvalue weighted by molar-refractivity contribution is 5.89. The maximum absolute atomic E-state index is 10.9. The van der Waals surface area contributed by atoms with Gasteiger partial charge < -0.3 is 15.3 Å². The van der Waals surface area contributed by atoms with Gasteiger partial charge in [0.05, 0.1) is 11.8 Å². The Hall–Kier alpha value is -3.59. The van der Waals surface area contributed by atoms with Crippen molar-refractivity contribution in [2.75, 3.05) is 5.73 Å². The number of hydrogen-bond acceptors (Lipinski definition) is 5. The molecule has 1 aromatic carbocycles. The fraction of sp³-hybridized carbons (Fsp3) is 0. The predicted octanol–water partition coefficient (Wildman–Crippen LogP) is 3.16. The molecule has 2 heterocycles. The van der Waals surface area contributed by atoms with Gasteiger partial charge in [0, 0.05) is 5.56 Å². The molecular weight excluding hydrogens is 294 g/mol. The standard InChI is InChI=1S/C17H11N3O3/c18-9-13-12(10-3-5-11(6-4-10)17(21)22)8-14(20-16(13)19)15-2-1-7-23-15/h1-8H,(H2,19,20)(H,21,22). The molecular formula is C17H11N3O3. The number of pyridine rings is 1. The Labute approximate surface area is 131 Å². The molecule has 6 heteroatoms. The number of nitriles is 1. The summed E-state index contributed by atoms with van der Waals surface area (Å²) in [7, 11) is 0. The van der Waals surface area contributed by atoms with E-state index in [-0.39, 0.29) is 16.9 Å². The van der Waals surface area contributed by atoms with E-state index in [1.54, 1.807) is 30.3 Å². The van der Waals surface area contributed by atoms with Gasteiger partial charge in [-0.05, 0) is 35.9 Å². The van der Waals surface area contributed by atoms with Crippen LogP contribution in [-0.2, 0) is 0 Å². The van der Waals surface area contributed by atoms with Gasteiger partial charge in [0.2, 0.25) is 0 Å². The second kappa shape index (κ2) is 5.66. The zero-order valence-electron chi connectivity index (χ0n) is 11.9. The van der Waals surface area contributed by atoms with Gasteiger partial charge in [0.1, 0.15) is 23.1 Å². The van der Waals surface area contributed by atoms with Gasteiger partial charge in [0.15, 0.2) is 5.76 Å². The Morgan fingerprint density at radius 2 is 2.00 bits per heavy atom. The van der Waals surface area contributed by atoms with Crippen LogP contribution >= 0.6 is 0 Å². The van der Waals surface area contributed by atoms with Crippen LogP contribution < -0.4 is 5.73 Å². The van der Waals surface area contributed by atoms with E-state index in [1.807, 2.05) is 6.07 Å². The Balaban J connectivity index is 2.17. The highest BCUT2D eigenvalue weighted by Gasteiger charge is 2.15. The molecule has 2 aromatic heterocycles. The van der Waals surface area contributed by atoms with Crippen molar-refractivity contribution in [3.05, 3.63) is 59.9 Å². The zero-order chi connectivity index (χ0) is 16.4. The number of carboxylic acid groups (broad SMARTS) is 1. The summed E-state index contributed by atoms with van der Waals surface area (Å²) in [6.45, 7) is 0. The van der Waals surface area contributed by atoms with Crippen molar-refractivity contribution >= 4 is 11.8 Å². The third-order valence-corrected chi connectivity index (χ3v) is 3.38. The van der Waals surface area contributed by atoms with Gasteiger partial charge in [-0.2, -0.15) is 5.26 Å². The monoisotopic (exact) mass is 305 g/mol. The number of hydrogen-bond donors (Lipinski definition) is 2. The maximum atomic E-state index is 10.9. The average Bonchev–Trinajstić information content (AvgIpc) is 3.08. The first-order chi connectivity index (χ1) is 11.1. The molecule has 0 bridgehead atoms. The molecule has 0 saturated heterocycles. The molecule has 3 N–H and O–H groups in total. The lowest BCUT2D eigenvalue weighted by atomic mass is 9.99. The minimum atomic E-state index is -1.01. The lowest BCUT2D eigenvalue weighted by molar-refractivity contribution is 0.0697. The number of nitrogen functional groups attached to an aromatic ring is 1. The van der Waals surface area contributed by atoms with Crippen molar-refractivity contribution in [3.8, 4) is 28.7 Å². The normalized spacial score (nSPS) is 10.2. The Kier molecular flexibility index (Phi) is 3.53.